The number of halogens is 3. The summed E-state index contributed by atoms with van der Waals surface area (Å²) in [6.07, 6.45) is -4.53. The van der Waals surface area contributed by atoms with Crippen molar-refractivity contribution in [2.45, 2.75) is 25.1 Å². The lowest BCUT2D eigenvalue weighted by molar-refractivity contribution is -0.210. The van der Waals surface area contributed by atoms with Crippen LogP contribution in [0.5, 0.6) is 0 Å². The summed E-state index contributed by atoms with van der Waals surface area (Å²) in [7, 11) is 1.27. The molecule has 0 aromatic carbocycles. The first-order valence-corrected chi connectivity index (χ1v) is 4.75. The Hall–Kier alpha value is -1.40. The zero-order valence-corrected chi connectivity index (χ0v) is 8.70. The van der Waals surface area contributed by atoms with Gasteiger partial charge in [-0.1, -0.05) is 0 Å². The molecule has 1 fully saturated rings. The second-order valence-electron chi connectivity index (χ2n) is 3.64. The van der Waals surface area contributed by atoms with E-state index in [-0.39, 0.29) is 0 Å². The molecule has 1 rings (SSSR count). The van der Waals surface area contributed by atoms with Crippen LogP contribution in [0.3, 0.4) is 0 Å². The van der Waals surface area contributed by atoms with E-state index in [9.17, 15) is 18.0 Å². The van der Waals surface area contributed by atoms with E-state index in [4.69, 9.17) is 5.73 Å². The van der Waals surface area contributed by atoms with Gasteiger partial charge in [-0.25, -0.2) is 4.79 Å². The molecule has 0 bridgehead atoms. The highest BCUT2D eigenvalue weighted by atomic mass is 19.4. The van der Waals surface area contributed by atoms with Crippen LogP contribution >= 0.6 is 0 Å². The van der Waals surface area contributed by atoms with E-state index < -0.39 is 24.3 Å². The van der Waals surface area contributed by atoms with Crippen LogP contribution in [-0.4, -0.2) is 30.3 Å². The summed E-state index contributed by atoms with van der Waals surface area (Å²) < 4.78 is 41.9. The Bertz CT molecular complexity index is 287. The number of nitrogens with zero attached hydrogens (tertiary/aromatic N) is 1. The van der Waals surface area contributed by atoms with Crippen molar-refractivity contribution >= 4 is 6.09 Å². The smallest absolute Gasteiger partial charge is 0.425 e. The lowest BCUT2D eigenvalue weighted by Crippen LogP contribution is -2.38. The van der Waals surface area contributed by atoms with E-state index in [1.165, 1.54) is 7.05 Å². The number of carbonyl (C=O) groups excluding carboxylic acids is 1. The van der Waals surface area contributed by atoms with Gasteiger partial charge in [-0.15, -0.1) is 0 Å². The Labute approximate surface area is 90.8 Å². The Balaban J connectivity index is 2.58. The van der Waals surface area contributed by atoms with Crippen molar-refractivity contribution < 1.29 is 22.7 Å². The average Bonchev–Trinajstić information content (AvgIpc) is 2.95. The van der Waals surface area contributed by atoms with Crippen LogP contribution in [0.15, 0.2) is 12.4 Å². The zero-order valence-electron chi connectivity index (χ0n) is 8.70. The third kappa shape index (κ3) is 3.32. The SMILES string of the molecule is CN(/C=C\N)C(=O)OC(C1CC1)C(F)(F)F. The van der Waals surface area contributed by atoms with Gasteiger partial charge in [0.25, 0.3) is 0 Å². The molecule has 0 aromatic heterocycles. The molecule has 0 heterocycles. The van der Waals surface area contributed by atoms with E-state index in [2.05, 4.69) is 4.74 Å². The number of alkyl halides is 3. The van der Waals surface area contributed by atoms with Crippen molar-refractivity contribution in [2.75, 3.05) is 7.05 Å². The average molecular weight is 238 g/mol. The van der Waals surface area contributed by atoms with Gasteiger partial charge in [0, 0.05) is 25.4 Å². The van der Waals surface area contributed by atoms with Gasteiger partial charge in [-0.05, 0) is 12.8 Å². The monoisotopic (exact) mass is 238 g/mol. The molecule has 1 atom stereocenters. The second kappa shape index (κ2) is 4.63. The molecular weight excluding hydrogens is 225 g/mol. The highest BCUT2D eigenvalue weighted by Crippen LogP contribution is 2.42. The Morgan fingerprint density at radius 2 is 2.12 bits per heavy atom. The van der Waals surface area contributed by atoms with Gasteiger partial charge in [-0.2, -0.15) is 13.2 Å². The van der Waals surface area contributed by atoms with E-state index >= 15 is 0 Å². The fourth-order valence-corrected chi connectivity index (χ4v) is 1.21. The van der Waals surface area contributed by atoms with Gasteiger partial charge in [-0.3, -0.25) is 4.90 Å². The summed E-state index contributed by atoms with van der Waals surface area (Å²) in [6, 6.07) is 0. The van der Waals surface area contributed by atoms with Crippen LogP contribution in [0.25, 0.3) is 0 Å². The van der Waals surface area contributed by atoms with Crippen molar-refractivity contribution in [3.63, 3.8) is 0 Å². The number of nitrogens with two attached hydrogens (primary N) is 1. The lowest BCUT2D eigenvalue weighted by Gasteiger charge is -2.22. The summed E-state index contributed by atoms with van der Waals surface area (Å²) in [6.45, 7) is 0. The predicted octanol–water partition coefficient (Wildman–Crippen LogP) is 1.83. The first-order chi connectivity index (χ1) is 7.36. The molecule has 1 saturated carbocycles. The van der Waals surface area contributed by atoms with Crippen LogP contribution in [0.4, 0.5) is 18.0 Å². The molecule has 0 spiro atoms. The molecule has 0 saturated heterocycles. The van der Waals surface area contributed by atoms with Gasteiger partial charge < -0.3 is 10.5 Å². The van der Waals surface area contributed by atoms with Crippen LogP contribution in [0.1, 0.15) is 12.8 Å². The number of ether oxygens (including phenoxy) is 1. The molecule has 1 unspecified atom stereocenters. The van der Waals surface area contributed by atoms with Crippen molar-refractivity contribution in [2.24, 2.45) is 11.7 Å². The molecule has 7 heteroatoms. The maximum atomic E-state index is 12.5. The van der Waals surface area contributed by atoms with Gasteiger partial charge in [0.1, 0.15) is 0 Å². The molecule has 1 amide bonds. The molecule has 2 N–H and O–H groups in total. The third-order valence-electron chi connectivity index (χ3n) is 2.20. The minimum atomic E-state index is -4.51. The van der Waals surface area contributed by atoms with Crippen molar-refractivity contribution in [3.8, 4) is 0 Å². The lowest BCUT2D eigenvalue weighted by atomic mass is 10.2. The molecule has 4 nitrogen and oxygen atoms in total. The number of rotatable bonds is 3. The molecule has 0 aromatic rings. The molecule has 0 aliphatic heterocycles. The van der Waals surface area contributed by atoms with Crippen molar-refractivity contribution in [1.82, 2.24) is 4.90 Å². The predicted molar refractivity (Wildman–Crippen MR) is 50.1 cm³/mol. The number of amides is 1. The van der Waals surface area contributed by atoms with Gasteiger partial charge >= 0.3 is 12.3 Å². The first-order valence-electron chi connectivity index (χ1n) is 4.75. The number of hydrogen-bond donors (Lipinski definition) is 1. The van der Waals surface area contributed by atoms with Crippen LogP contribution in [-0.2, 0) is 4.74 Å². The third-order valence-corrected chi connectivity index (χ3v) is 2.20. The van der Waals surface area contributed by atoms with Gasteiger partial charge in [0.05, 0.1) is 0 Å². The normalized spacial score (nSPS) is 18.5. The van der Waals surface area contributed by atoms with Crippen LogP contribution in [0.2, 0.25) is 0 Å². The van der Waals surface area contributed by atoms with E-state index in [0.717, 1.165) is 17.3 Å². The molecule has 1 aliphatic carbocycles. The van der Waals surface area contributed by atoms with Crippen LogP contribution in [0, 0.1) is 5.92 Å². The fourth-order valence-electron chi connectivity index (χ4n) is 1.21. The molecule has 1 aliphatic rings. The summed E-state index contributed by atoms with van der Waals surface area (Å²) in [5, 5.41) is 0. The molecular formula is C9H13F3N2O2. The van der Waals surface area contributed by atoms with Gasteiger partial charge in [0.15, 0.2) is 0 Å². The fraction of sp³-hybridized carbons (Fsp3) is 0.667. The van der Waals surface area contributed by atoms with Crippen molar-refractivity contribution in [1.29, 1.82) is 0 Å². The zero-order chi connectivity index (χ0) is 12.3. The largest absolute Gasteiger partial charge is 0.436 e. The van der Waals surface area contributed by atoms with E-state index in [1.54, 1.807) is 0 Å². The maximum Gasteiger partial charge on any atom is 0.425 e. The highest BCUT2D eigenvalue weighted by Gasteiger charge is 2.52. The van der Waals surface area contributed by atoms with E-state index in [1.807, 2.05) is 0 Å². The standard InChI is InChI=1S/C9H13F3N2O2/c1-14(5-4-13)8(15)16-7(6-2-3-6)9(10,11)12/h4-7H,2-3,13H2,1H3/b5-4-. The van der Waals surface area contributed by atoms with E-state index in [0.29, 0.717) is 12.8 Å². The van der Waals surface area contributed by atoms with Gasteiger partial charge in [0.2, 0.25) is 6.10 Å². The molecule has 16 heavy (non-hydrogen) atoms. The van der Waals surface area contributed by atoms with Crippen LogP contribution < -0.4 is 5.73 Å². The molecule has 92 valence electrons. The second-order valence-corrected chi connectivity index (χ2v) is 3.64. The Morgan fingerprint density at radius 3 is 2.50 bits per heavy atom. The number of carbonyl (C=O) groups is 1. The minimum Gasteiger partial charge on any atom is -0.436 e. The minimum absolute atomic E-state index is 0.438. The van der Waals surface area contributed by atoms with Crippen molar-refractivity contribution in [3.05, 3.63) is 12.4 Å². The summed E-state index contributed by atoms with van der Waals surface area (Å²) in [5.74, 6) is -0.598. The molecule has 0 radical (unpaired) electrons. The quantitative estimate of drug-likeness (QED) is 0.816. The summed E-state index contributed by atoms with van der Waals surface area (Å²) >= 11 is 0. The Morgan fingerprint density at radius 1 is 1.56 bits per heavy atom. The summed E-state index contributed by atoms with van der Waals surface area (Å²) in [5.41, 5.74) is 5.00. The Kier molecular flexibility index (Phi) is 3.66. The summed E-state index contributed by atoms with van der Waals surface area (Å²) in [4.78, 5) is 12.1. The maximum absolute atomic E-state index is 12.5. The number of hydrogen-bond acceptors (Lipinski definition) is 3. The first kappa shape index (κ1) is 12.7. The highest BCUT2D eigenvalue weighted by molar-refractivity contribution is 5.68. The topological polar surface area (TPSA) is 55.6 Å².